The highest BCUT2D eigenvalue weighted by molar-refractivity contribution is 7.89. The van der Waals surface area contributed by atoms with Crippen molar-refractivity contribution < 1.29 is 22.7 Å². The number of likely N-dealkylation sites (tertiary alicyclic amines) is 1. The van der Waals surface area contributed by atoms with Crippen molar-refractivity contribution in [3.63, 3.8) is 0 Å². The maximum atomic E-state index is 12.7. The number of nitrogens with zero attached hydrogens (tertiary/aromatic N) is 4. The zero-order valence-corrected chi connectivity index (χ0v) is 21.4. The quantitative estimate of drug-likeness (QED) is 0.590. The Morgan fingerprint density at radius 1 is 1.06 bits per heavy atom. The standard InChI is InChI=1S/C24H32N6O5S/c1-25-23(31)18-7-9-30(10-8-18)24(32)27-19-5-3-17(4-6-19)22-26-20(16-36(2,33)34)15-21(28-22)29-11-13-35-14-12-29/h3-6,15,18H,7-14,16H2,1-2H3,(H,25,31)(H,27,32). The van der Waals surface area contributed by atoms with Gasteiger partial charge >= 0.3 is 6.03 Å². The number of hydrogen-bond acceptors (Lipinski definition) is 8. The highest BCUT2D eigenvalue weighted by Crippen LogP contribution is 2.24. The number of anilines is 2. The zero-order valence-electron chi connectivity index (χ0n) is 20.6. The Morgan fingerprint density at radius 2 is 1.72 bits per heavy atom. The first kappa shape index (κ1) is 25.8. The topological polar surface area (TPSA) is 134 Å². The molecule has 1 aromatic heterocycles. The van der Waals surface area contributed by atoms with E-state index in [0.717, 1.165) is 0 Å². The number of piperidine rings is 1. The van der Waals surface area contributed by atoms with Gasteiger partial charge in [-0.25, -0.2) is 23.2 Å². The average Bonchev–Trinajstić information content (AvgIpc) is 2.88. The largest absolute Gasteiger partial charge is 0.378 e. The molecule has 0 atom stereocenters. The minimum atomic E-state index is -3.27. The van der Waals surface area contributed by atoms with Crippen molar-refractivity contribution in [3.8, 4) is 11.4 Å². The summed E-state index contributed by atoms with van der Waals surface area (Å²) in [5, 5.41) is 5.57. The summed E-state index contributed by atoms with van der Waals surface area (Å²) in [5.41, 5.74) is 1.77. The van der Waals surface area contributed by atoms with Gasteiger partial charge in [-0.2, -0.15) is 0 Å². The molecule has 2 fully saturated rings. The number of carbonyl (C=O) groups excluding carboxylic acids is 2. The van der Waals surface area contributed by atoms with Crippen LogP contribution in [0.25, 0.3) is 11.4 Å². The van der Waals surface area contributed by atoms with Crippen LogP contribution in [0.3, 0.4) is 0 Å². The van der Waals surface area contributed by atoms with E-state index in [9.17, 15) is 18.0 Å². The lowest BCUT2D eigenvalue weighted by Crippen LogP contribution is -2.44. The molecule has 0 radical (unpaired) electrons. The Hall–Kier alpha value is -3.25. The second-order valence-electron chi connectivity index (χ2n) is 9.09. The first-order chi connectivity index (χ1) is 17.2. The van der Waals surface area contributed by atoms with Gasteiger partial charge < -0.3 is 25.2 Å². The van der Waals surface area contributed by atoms with E-state index >= 15 is 0 Å². The van der Waals surface area contributed by atoms with E-state index < -0.39 is 9.84 Å². The molecule has 0 bridgehead atoms. The van der Waals surface area contributed by atoms with Crippen LogP contribution in [0.1, 0.15) is 18.5 Å². The van der Waals surface area contributed by atoms with Crippen LogP contribution >= 0.6 is 0 Å². The molecule has 2 aromatic rings. The van der Waals surface area contributed by atoms with Gasteiger partial charge in [0.05, 0.1) is 24.7 Å². The summed E-state index contributed by atoms with van der Waals surface area (Å²) in [7, 11) is -1.65. The third kappa shape index (κ3) is 6.70. The Labute approximate surface area is 211 Å². The van der Waals surface area contributed by atoms with Crippen molar-refractivity contribution in [3.05, 3.63) is 36.0 Å². The van der Waals surface area contributed by atoms with E-state index in [1.807, 2.05) is 0 Å². The molecule has 4 rings (SSSR count). The number of aromatic nitrogens is 2. The van der Waals surface area contributed by atoms with Crippen LogP contribution in [0.15, 0.2) is 30.3 Å². The van der Waals surface area contributed by atoms with Gasteiger partial charge in [0.1, 0.15) is 5.82 Å². The van der Waals surface area contributed by atoms with Crippen molar-refractivity contribution in [1.82, 2.24) is 20.2 Å². The van der Waals surface area contributed by atoms with Crippen LogP contribution in [0, 0.1) is 5.92 Å². The molecule has 2 N–H and O–H groups in total. The predicted molar refractivity (Wildman–Crippen MR) is 136 cm³/mol. The summed E-state index contributed by atoms with van der Waals surface area (Å²) >= 11 is 0. The number of morpholine rings is 1. The Kier molecular flexibility index (Phi) is 8.04. The lowest BCUT2D eigenvalue weighted by Gasteiger charge is -2.31. The fraction of sp³-hybridized carbons (Fsp3) is 0.500. The number of urea groups is 1. The van der Waals surface area contributed by atoms with Crippen molar-refractivity contribution in [1.29, 1.82) is 0 Å². The molecule has 2 aliphatic heterocycles. The molecule has 194 valence electrons. The number of ether oxygens (including phenoxy) is 1. The molecule has 3 heterocycles. The van der Waals surface area contributed by atoms with Gasteiger partial charge in [0.25, 0.3) is 0 Å². The number of benzene rings is 1. The predicted octanol–water partition coefficient (Wildman–Crippen LogP) is 1.51. The van der Waals surface area contributed by atoms with Gasteiger partial charge in [0.15, 0.2) is 15.7 Å². The van der Waals surface area contributed by atoms with Gasteiger partial charge in [0.2, 0.25) is 5.91 Å². The SMILES string of the molecule is CNC(=O)C1CCN(C(=O)Nc2ccc(-c3nc(CS(C)(=O)=O)cc(N4CCOCC4)n3)cc2)CC1. The molecule has 2 saturated heterocycles. The van der Waals surface area contributed by atoms with Gasteiger partial charge in [-0.3, -0.25) is 4.79 Å². The van der Waals surface area contributed by atoms with Gasteiger partial charge in [-0.05, 0) is 37.1 Å². The summed E-state index contributed by atoms with van der Waals surface area (Å²) in [6, 6.07) is 8.65. The molecule has 0 spiro atoms. The maximum absolute atomic E-state index is 12.7. The molecule has 1 aromatic carbocycles. The van der Waals surface area contributed by atoms with Crippen molar-refractivity contribution in [2.45, 2.75) is 18.6 Å². The maximum Gasteiger partial charge on any atom is 0.321 e. The fourth-order valence-electron chi connectivity index (χ4n) is 4.36. The van der Waals surface area contributed by atoms with E-state index in [-0.39, 0.29) is 23.6 Å². The van der Waals surface area contributed by atoms with Crippen LogP contribution in [-0.4, -0.2) is 87.9 Å². The van der Waals surface area contributed by atoms with Crippen LogP contribution in [-0.2, 0) is 25.1 Å². The fourth-order valence-corrected chi connectivity index (χ4v) is 5.05. The van der Waals surface area contributed by atoms with Gasteiger partial charge in [-0.1, -0.05) is 0 Å². The summed E-state index contributed by atoms with van der Waals surface area (Å²) in [6.07, 6.45) is 2.46. The molecular formula is C24H32N6O5S. The molecule has 0 saturated carbocycles. The van der Waals surface area contributed by atoms with Crippen molar-refractivity contribution in [2.24, 2.45) is 5.92 Å². The van der Waals surface area contributed by atoms with E-state index in [1.54, 1.807) is 42.3 Å². The molecular weight excluding hydrogens is 484 g/mol. The summed E-state index contributed by atoms with van der Waals surface area (Å²) < 4.78 is 29.3. The highest BCUT2D eigenvalue weighted by Gasteiger charge is 2.26. The minimum Gasteiger partial charge on any atom is -0.378 e. The van der Waals surface area contributed by atoms with Crippen molar-refractivity contribution in [2.75, 3.05) is 62.9 Å². The van der Waals surface area contributed by atoms with Gasteiger partial charge in [0, 0.05) is 62.7 Å². The summed E-state index contributed by atoms with van der Waals surface area (Å²) in [6.45, 7) is 3.54. The van der Waals surface area contributed by atoms with E-state index in [0.29, 0.717) is 80.8 Å². The number of hydrogen-bond donors (Lipinski definition) is 2. The monoisotopic (exact) mass is 516 g/mol. The van der Waals surface area contributed by atoms with E-state index in [1.165, 1.54) is 6.26 Å². The highest BCUT2D eigenvalue weighted by atomic mass is 32.2. The molecule has 0 unspecified atom stereocenters. The van der Waals surface area contributed by atoms with E-state index in [4.69, 9.17) is 4.74 Å². The Morgan fingerprint density at radius 3 is 2.33 bits per heavy atom. The Bertz CT molecular complexity index is 1190. The number of rotatable bonds is 6. The summed E-state index contributed by atoms with van der Waals surface area (Å²) in [5.74, 6) is 0.876. The van der Waals surface area contributed by atoms with Crippen LogP contribution < -0.4 is 15.5 Å². The number of carbonyl (C=O) groups is 2. The Balaban J connectivity index is 1.47. The molecule has 36 heavy (non-hydrogen) atoms. The van der Waals surface area contributed by atoms with Crippen LogP contribution in [0.5, 0.6) is 0 Å². The van der Waals surface area contributed by atoms with Crippen LogP contribution in [0.4, 0.5) is 16.3 Å². The average molecular weight is 517 g/mol. The molecule has 12 heteroatoms. The van der Waals surface area contributed by atoms with Crippen molar-refractivity contribution >= 4 is 33.3 Å². The third-order valence-corrected chi connectivity index (χ3v) is 7.12. The lowest BCUT2D eigenvalue weighted by molar-refractivity contribution is -0.125. The smallest absolute Gasteiger partial charge is 0.321 e. The minimum absolute atomic E-state index is 0.0187. The van der Waals surface area contributed by atoms with Crippen LogP contribution in [0.2, 0.25) is 0 Å². The normalized spacial score (nSPS) is 17.1. The first-order valence-corrected chi connectivity index (χ1v) is 14.0. The van der Waals surface area contributed by atoms with E-state index in [2.05, 4.69) is 25.5 Å². The lowest BCUT2D eigenvalue weighted by atomic mass is 9.96. The third-order valence-electron chi connectivity index (χ3n) is 6.30. The number of nitrogens with one attached hydrogen (secondary N) is 2. The second kappa shape index (κ2) is 11.2. The molecule has 3 amide bonds. The number of amides is 3. The van der Waals surface area contributed by atoms with Gasteiger partial charge in [-0.15, -0.1) is 0 Å². The number of sulfone groups is 1. The molecule has 2 aliphatic rings. The molecule has 0 aliphatic carbocycles. The second-order valence-corrected chi connectivity index (χ2v) is 11.2. The summed E-state index contributed by atoms with van der Waals surface area (Å²) in [4.78, 5) is 37.4. The molecule has 11 nitrogen and oxygen atoms in total. The first-order valence-electron chi connectivity index (χ1n) is 12.0. The zero-order chi connectivity index (χ0) is 25.7.